The Balaban J connectivity index is 0.000000502. The number of aliphatic hydroxyl groups is 1. The Hall–Kier alpha value is -3.01. The van der Waals surface area contributed by atoms with Gasteiger partial charge in [0.15, 0.2) is 13.7 Å². The molecule has 13 heteroatoms. The summed E-state index contributed by atoms with van der Waals surface area (Å²) in [4.78, 5) is 16.7. The van der Waals surface area contributed by atoms with Crippen LogP contribution in [-0.4, -0.2) is 48.8 Å². The Morgan fingerprint density at radius 3 is 1.38 bits per heavy atom. The molecule has 11 nitrogen and oxygen atoms in total. The summed E-state index contributed by atoms with van der Waals surface area (Å²) in [5, 5.41) is 20.7. The van der Waals surface area contributed by atoms with Crippen molar-refractivity contribution in [3.63, 3.8) is 0 Å². The number of H-pyrrole nitrogens is 1. The molecular weight excluding hydrogens is 542 g/mol. The SMILES string of the molecule is CC.CP(C)(=O)OCc1ccccc1.O=P(O)(O)OCc1ccccc1.OCc1ccccc1.c1nn[nH]n1. The summed E-state index contributed by atoms with van der Waals surface area (Å²) < 4.78 is 30.9. The molecule has 4 aromatic rings. The van der Waals surface area contributed by atoms with Crippen molar-refractivity contribution < 1.29 is 33.1 Å². The Morgan fingerprint density at radius 1 is 0.718 bits per heavy atom. The summed E-state index contributed by atoms with van der Waals surface area (Å²) in [5.74, 6) is 0. The van der Waals surface area contributed by atoms with Crippen molar-refractivity contribution in [2.45, 2.75) is 33.7 Å². The Kier molecular flexibility index (Phi) is 20.2. The second-order valence-corrected chi connectivity index (χ2v) is 11.5. The summed E-state index contributed by atoms with van der Waals surface area (Å²) in [7, 11) is -6.66. The molecule has 1 heterocycles. The van der Waals surface area contributed by atoms with Crippen LogP contribution < -0.4 is 0 Å². The number of nitrogens with one attached hydrogen (secondary N) is 1. The molecule has 0 atom stereocenters. The maximum absolute atomic E-state index is 11.2. The molecule has 3 aromatic carbocycles. The fourth-order valence-corrected chi connectivity index (χ4v) is 3.03. The summed E-state index contributed by atoms with van der Waals surface area (Å²) in [6.07, 6.45) is 1.33. The summed E-state index contributed by atoms with van der Waals surface area (Å²) >= 11 is 0. The first-order chi connectivity index (χ1) is 18.6. The van der Waals surface area contributed by atoms with Gasteiger partial charge in [-0.1, -0.05) is 110 Å². The molecule has 0 aliphatic rings. The number of hydrogen-bond acceptors (Lipinski definition) is 8. The minimum Gasteiger partial charge on any atom is -0.392 e. The van der Waals surface area contributed by atoms with Crippen LogP contribution in [0, 0.1) is 0 Å². The van der Waals surface area contributed by atoms with Crippen LogP contribution in [0.3, 0.4) is 0 Å². The maximum atomic E-state index is 11.2. The standard InChI is InChI=1S/C9H13O2P.C7H9O4P.C7H8O.C2H6.CH2N4/c1-12(2,10)11-8-9-6-4-3-5-7-9;8-12(9,10)11-6-7-4-2-1-3-5-7;8-6-7-4-2-1-3-5-7;1-2;1-2-4-5-3-1/h3-7H,8H2,1-2H3;1-5H,6H2,(H2,8,9,10);1-5,8H,6H2;1-2H3;1H,(H,2,3,4,5). The number of hydrogen-bond donors (Lipinski definition) is 4. The van der Waals surface area contributed by atoms with Crippen LogP contribution in [-0.2, 0) is 38.0 Å². The van der Waals surface area contributed by atoms with Crippen molar-refractivity contribution in [3.8, 4) is 0 Å². The average molecular weight is 581 g/mol. The number of aromatic amines is 1. The smallest absolute Gasteiger partial charge is 0.392 e. The van der Waals surface area contributed by atoms with E-state index in [1.54, 1.807) is 37.6 Å². The summed E-state index contributed by atoms with van der Waals surface area (Å²) in [5.41, 5.74) is 2.76. The first-order valence-corrected chi connectivity index (χ1v) is 15.9. The number of aromatic nitrogens is 4. The molecule has 0 aliphatic carbocycles. The quantitative estimate of drug-likeness (QED) is 0.207. The van der Waals surface area contributed by atoms with Crippen LogP contribution in [0.15, 0.2) is 97.3 Å². The highest BCUT2D eigenvalue weighted by Crippen LogP contribution is 2.38. The minimum absolute atomic E-state index is 0.0644. The van der Waals surface area contributed by atoms with Gasteiger partial charge in [0.1, 0.15) is 0 Å². The largest absolute Gasteiger partial charge is 0.469 e. The lowest BCUT2D eigenvalue weighted by atomic mass is 10.2. The normalized spacial score (nSPS) is 10.1. The third-order valence-corrected chi connectivity index (χ3v) is 5.14. The predicted molar refractivity (Wildman–Crippen MR) is 152 cm³/mol. The van der Waals surface area contributed by atoms with Crippen LogP contribution in [0.4, 0.5) is 0 Å². The fourth-order valence-electron chi connectivity index (χ4n) is 2.25. The lowest BCUT2D eigenvalue weighted by molar-refractivity contribution is 0.189. The molecule has 0 fully saturated rings. The predicted octanol–water partition coefficient (Wildman–Crippen LogP) is 5.44. The van der Waals surface area contributed by atoms with Crippen LogP contribution in [0.2, 0.25) is 0 Å². The van der Waals surface area contributed by atoms with E-state index in [1.165, 1.54) is 6.33 Å². The molecule has 0 aliphatic heterocycles. The van der Waals surface area contributed by atoms with E-state index in [4.69, 9.17) is 19.4 Å². The van der Waals surface area contributed by atoms with Gasteiger partial charge >= 0.3 is 7.82 Å². The fraction of sp³-hybridized carbons (Fsp3) is 0.269. The summed E-state index contributed by atoms with van der Waals surface area (Å²) in [6.45, 7) is 7.75. The Labute approximate surface area is 229 Å². The number of tetrazole rings is 1. The van der Waals surface area contributed by atoms with Gasteiger partial charge in [-0.05, 0) is 16.7 Å². The van der Waals surface area contributed by atoms with Crippen molar-refractivity contribution in [2.75, 3.05) is 13.3 Å². The first kappa shape index (κ1) is 36.0. The van der Waals surface area contributed by atoms with E-state index in [1.807, 2.05) is 80.6 Å². The van der Waals surface area contributed by atoms with Gasteiger partial charge in [0.2, 0.25) is 0 Å². The molecule has 0 saturated heterocycles. The molecule has 1 aromatic heterocycles. The molecular formula is C26H38N4O7P2. The zero-order chi connectivity index (χ0) is 29.4. The van der Waals surface area contributed by atoms with E-state index in [9.17, 15) is 9.13 Å². The van der Waals surface area contributed by atoms with Crippen LogP contribution >= 0.6 is 15.2 Å². The van der Waals surface area contributed by atoms with Gasteiger partial charge in [-0.3, -0.25) is 9.09 Å². The number of phosphoric acid groups is 1. The van der Waals surface area contributed by atoms with E-state index in [0.717, 1.165) is 16.7 Å². The van der Waals surface area contributed by atoms with E-state index >= 15 is 0 Å². The van der Waals surface area contributed by atoms with Gasteiger partial charge in [0, 0.05) is 13.3 Å². The molecule has 0 saturated carbocycles. The van der Waals surface area contributed by atoms with Crippen molar-refractivity contribution in [3.05, 3.63) is 114 Å². The van der Waals surface area contributed by atoms with Gasteiger partial charge < -0.3 is 19.4 Å². The molecule has 4 rings (SSSR count). The summed E-state index contributed by atoms with van der Waals surface area (Å²) in [6, 6.07) is 28.1. The number of rotatable bonds is 7. The maximum Gasteiger partial charge on any atom is 0.469 e. The van der Waals surface area contributed by atoms with Crippen molar-refractivity contribution in [1.82, 2.24) is 20.6 Å². The first-order valence-electron chi connectivity index (χ1n) is 11.9. The Morgan fingerprint density at radius 2 is 1.13 bits per heavy atom. The number of benzene rings is 3. The zero-order valence-electron chi connectivity index (χ0n) is 22.6. The molecule has 0 spiro atoms. The Bertz CT molecular complexity index is 1080. The van der Waals surface area contributed by atoms with Crippen molar-refractivity contribution in [2.24, 2.45) is 0 Å². The topological polar surface area (TPSA) is 168 Å². The second kappa shape index (κ2) is 21.9. The van der Waals surface area contributed by atoms with Gasteiger partial charge in [0.05, 0.1) is 19.8 Å². The van der Waals surface area contributed by atoms with Crippen LogP contribution in [0.5, 0.6) is 0 Å². The highest BCUT2D eigenvalue weighted by Gasteiger charge is 2.12. The highest BCUT2D eigenvalue weighted by molar-refractivity contribution is 7.57. The average Bonchev–Trinajstić information content (AvgIpc) is 3.54. The monoisotopic (exact) mass is 580 g/mol. The molecule has 0 bridgehead atoms. The molecule has 0 radical (unpaired) electrons. The number of nitrogens with zero attached hydrogens (tertiary/aromatic N) is 3. The number of phosphoric ester groups is 1. The highest BCUT2D eigenvalue weighted by atomic mass is 31.2. The van der Waals surface area contributed by atoms with Gasteiger partial charge in [-0.2, -0.15) is 5.21 Å². The molecule has 39 heavy (non-hydrogen) atoms. The molecule has 214 valence electrons. The van der Waals surface area contributed by atoms with Gasteiger partial charge in [-0.15, -0.1) is 10.2 Å². The third-order valence-electron chi connectivity index (χ3n) is 3.92. The second-order valence-electron chi connectivity index (χ2n) is 7.46. The van der Waals surface area contributed by atoms with E-state index in [-0.39, 0.29) is 13.2 Å². The third kappa shape index (κ3) is 23.8. The van der Waals surface area contributed by atoms with E-state index in [0.29, 0.717) is 6.61 Å². The van der Waals surface area contributed by atoms with Crippen molar-refractivity contribution >= 4 is 15.2 Å². The minimum atomic E-state index is -4.33. The molecule has 4 N–H and O–H groups in total. The lowest BCUT2D eigenvalue weighted by Gasteiger charge is -2.07. The number of aliphatic hydroxyl groups excluding tert-OH is 1. The van der Waals surface area contributed by atoms with Crippen LogP contribution in [0.1, 0.15) is 30.5 Å². The van der Waals surface area contributed by atoms with Gasteiger partial charge in [0.25, 0.3) is 0 Å². The zero-order valence-corrected chi connectivity index (χ0v) is 24.4. The lowest BCUT2D eigenvalue weighted by Crippen LogP contribution is -1.89. The van der Waals surface area contributed by atoms with Crippen LogP contribution in [0.25, 0.3) is 0 Å². The van der Waals surface area contributed by atoms with E-state index in [2.05, 4.69) is 25.1 Å². The van der Waals surface area contributed by atoms with Crippen molar-refractivity contribution in [1.29, 1.82) is 0 Å². The van der Waals surface area contributed by atoms with E-state index < -0.39 is 15.2 Å². The molecule has 0 unspecified atom stereocenters. The molecule has 0 amide bonds. The van der Waals surface area contributed by atoms with Gasteiger partial charge in [-0.25, -0.2) is 4.57 Å².